The summed E-state index contributed by atoms with van der Waals surface area (Å²) in [6.07, 6.45) is -0.778. The molecule has 0 heterocycles. The predicted molar refractivity (Wildman–Crippen MR) is 79.9 cm³/mol. The minimum absolute atomic E-state index is 0.0102. The zero-order valence-electron chi connectivity index (χ0n) is 12.8. The van der Waals surface area contributed by atoms with Gasteiger partial charge >= 0.3 is 0 Å². The van der Waals surface area contributed by atoms with E-state index in [-0.39, 0.29) is 18.9 Å². The minimum Gasteiger partial charge on any atom is -0.488 e. The number of hydrogen-bond acceptors (Lipinski definition) is 5. The van der Waals surface area contributed by atoms with E-state index in [2.05, 4.69) is 5.32 Å². The van der Waals surface area contributed by atoms with E-state index in [0.717, 1.165) is 0 Å². The summed E-state index contributed by atoms with van der Waals surface area (Å²) in [4.78, 5) is 1.89. The van der Waals surface area contributed by atoms with Crippen LogP contribution < -0.4 is 10.1 Å². The molecule has 0 amide bonds. The third-order valence-electron chi connectivity index (χ3n) is 2.81. The van der Waals surface area contributed by atoms with E-state index in [4.69, 9.17) is 4.74 Å². The van der Waals surface area contributed by atoms with Crippen molar-refractivity contribution in [3.63, 3.8) is 0 Å². The number of nitrogens with zero attached hydrogens (tertiary/aromatic N) is 1. The van der Waals surface area contributed by atoms with Crippen molar-refractivity contribution in [2.45, 2.75) is 18.6 Å². The quantitative estimate of drug-likeness (QED) is 0.619. The summed E-state index contributed by atoms with van der Waals surface area (Å²) in [5.41, 5.74) is -0.879. The number of ether oxygens (including phenoxy) is 1. The number of rotatable bonds is 9. The molecule has 5 nitrogen and oxygen atoms in total. The van der Waals surface area contributed by atoms with Crippen LogP contribution in [-0.4, -0.2) is 67.2 Å². The summed E-state index contributed by atoms with van der Waals surface area (Å²) >= 11 is 0. The zero-order chi connectivity index (χ0) is 15.9. The van der Waals surface area contributed by atoms with Crippen LogP contribution in [0.2, 0.25) is 0 Å². The van der Waals surface area contributed by atoms with Crippen molar-refractivity contribution >= 4 is 0 Å². The van der Waals surface area contributed by atoms with Crippen LogP contribution in [0, 0.1) is 5.82 Å². The highest BCUT2D eigenvalue weighted by Gasteiger charge is 2.21. The van der Waals surface area contributed by atoms with Gasteiger partial charge in [-0.2, -0.15) is 0 Å². The molecule has 0 aromatic heterocycles. The molecule has 0 spiro atoms. The van der Waals surface area contributed by atoms with Gasteiger partial charge in [0.15, 0.2) is 11.6 Å². The largest absolute Gasteiger partial charge is 0.488 e. The lowest BCUT2D eigenvalue weighted by Crippen LogP contribution is -2.47. The molecule has 1 rings (SSSR count). The molecule has 120 valence electrons. The fourth-order valence-electron chi connectivity index (χ4n) is 2.05. The molecular weight excluding hydrogens is 275 g/mol. The molecule has 0 radical (unpaired) electrons. The highest BCUT2D eigenvalue weighted by atomic mass is 19.1. The van der Waals surface area contributed by atoms with Crippen LogP contribution in [0.5, 0.6) is 5.75 Å². The van der Waals surface area contributed by atoms with Crippen molar-refractivity contribution in [3.8, 4) is 5.75 Å². The van der Waals surface area contributed by atoms with Crippen molar-refractivity contribution in [2.75, 3.05) is 40.3 Å². The second-order valence-corrected chi connectivity index (χ2v) is 5.76. The van der Waals surface area contributed by atoms with Crippen LogP contribution in [0.3, 0.4) is 0 Å². The summed E-state index contributed by atoms with van der Waals surface area (Å²) in [6, 6.07) is 6.06. The molecule has 0 aliphatic carbocycles. The predicted octanol–water partition coefficient (Wildman–Crippen LogP) is 0.468. The fraction of sp³-hybridized carbons (Fsp3) is 0.600. The first-order valence-electron chi connectivity index (χ1n) is 6.93. The van der Waals surface area contributed by atoms with Crippen molar-refractivity contribution in [3.05, 3.63) is 30.1 Å². The number of hydrogen-bond donors (Lipinski definition) is 3. The Balaban J connectivity index is 2.25. The highest BCUT2D eigenvalue weighted by Crippen LogP contribution is 2.15. The maximum atomic E-state index is 13.3. The smallest absolute Gasteiger partial charge is 0.165 e. The van der Waals surface area contributed by atoms with E-state index in [1.165, 1.54) is 12.1 Å². The number of benzene rings is 1. The number of aliphatic hydroxyl groups excluding tert-OH is 1. The van der Waals surface area contributed by atoms with E-state index in [1.54, 1.807) is 19.1 Å². The Morgan fingerprint density at radius 3 is 2.67 bits per heavy atom. The molecule has 1 aromatic carbocycles. The first-order chi connectivity index (χ1) is 9.80. The summed E-state index contributed by atoms with van der Waals surface area (Å²) in [7, 11) is 3.76. The van der Waals surface area contributed by atoms with Crippen LogP contribution in [0.25, 0.3) is 0 Å². The molecular formula is C15H25FN2O3. The third kappa shape index (κ3) is 7.38. The van der Waals surface area contributed by atoms with E-state index in [0.29, 0.717) is 13.1 Å². The van der Waals surface area contributed by atoms with Crippen LogP contribution in [-0.2, 0) is 0 Å². The maximum absolute atomic E-state index is 13.3. The van der Waals surface area contributed by atoms with E-state index in [9.17, 15) is 14.6 Å². The second kappa shape index (κ2) is 8.29. The Hall–Kier alpha value is -1.21. The Morgan fingerprint density at radius 1 is 1.38 bits per heavy atom. The molecule has 0 bridgehead atoms. The lowest BCUT2D eigenvalue weighted by molar-refractivity contribution is 0.0285. The first-order valence-corrected chi connectivity index (χ1v) is 6.93. The average molecular weight is 300 g/mol. The monoisotopic (exact) mass is 300 g/mol. The number of halogens is 1. The Morgan fingerprint density at radius 2 is 2.05 bits per heavy atom. The number of aliphatic hydroxyl groups is 2. The van der Waals surface area contributed by atoms with Crippen molar-refractivity contribution in [1.82, 2.24) is 10.2 Å². The Kier molecular flexibility index (Phi) is 7.04. The summed E-state index contributed by atoms with van der Waals surface area (Å²) in [5, 5.41) is 22.8. The van der Waals surface area contributed by atoms with Crippen LogP contribution in [0.1, 0.15) is 6.92 Å². The van der Waals surface area contributed by atoms with Gasteiger partial charge in [-0.3, -0.25) is 0 Å². The Labute approximate surface area is 125 Å². The van der Waals surface area contributed by atoms with Gasteiger partial charge in [0.2, 0.25) is 0 Å². The molecule has 0 saturated carbocycles. The van der Waals surface area contributed by atoms with Crippen molar-refractivity contribution in [2.24, 2.45) is 0 Å². The maximum Gasteiger partial charge on any atom is 0.165 e. The molecule has 2 unspecified atom stereocenters. The van der Waals surface area contributed by atoms with E-state index >= 15 is 0 Å². The number of likely N-dealkylation sites (N-methyl/N-ethyl adjacent to an activating group) is 1. The molecule has 0 saturated heterocycles. The molecule has 0 aliphatic heterocycles. The van der Waals surface area contributed by atoms with Gasteiger partial charge in [-0.15, -0.1) is 0 Å². The van der Waals surface area contributed by atoms with Gasteiger partial charge in [0.25, 0.3) is 0 Å². The highest BCUT2D eigenvalue weighted by molar-refractivity contribution is 5.23. The van der Waals surface area contributed by atoms with Gasteiger partial charge < -0.3 is 25.2 Å². The number of nitrogens with one attached hydrogen (secondary N) is 1. The molecule has 3 N–H and O–H groups in total. The molecule has 1 aromatic rings. The van der Waals surface area contributed by atoms with Crippen molar-refractivity contribution < 1.29 is 19.3 Å². The van der Waals surface area contributed by atoms with Crippen LogP contribution >= 0.6 is 0 Å². The number of para-hydroxylation sites is 1. The minimum atomic E-state index is -0.879. The molecule has 0 aliphatic rings. The summed E-state index contributed by atoms with van der Waals surface area (Å²) in [5.74, 6) is -0.331. The normalized spacial score (nSPS) is 15.8. The average Bonchev–Trinajstić information content (AvgIpc) is 2.36. The second-order valence-electron chi connectivity index (χ2n) is 5.76. The van der Waals surface area contributed by atoms with Crippen LogP contribution in [0.4, 0.5) is 4.39 Å². The topological polar surface area (TPSA) is 65.0 Å². The molecule has 2 atom stereocenters. The van der Waals surface area contributed by atoms with Crippen LogP contribution in [0.15, 0.2) is 24.3 Å². The molecule has 21 heavy (non-hydrogen) atoms. The Bertz CT molecular complexity index is 427. The van der Waals surface area contributed by atoms with E-state index < -0.39 is 17.5 Å². The summed E-state index contributed by atoms with van der Waals surface area (Å²) in [6.45, 7) is 2.84. The third-order valence-corrected chi connectivity index (χ3v) is 2.81. The van der Waals surface area contributed by atoms with E-state index in [1.807, 2.05) is 19.0 Å². The first kappa shape index (κ1) is 17.8. The SMILES string of the molecule is CN(C)CC(C)(O)CNCC(O)COc1ccccc1F. The zero-order valence-corrected chi connectivity index (χ0v) is 12.8. The van der Waals surface area contributed by atoms with Gasteiger partial charge in [0.05, 0.1) is 5.60 Å². The molecule has 0 fully saturated rings. The van der Waals surface area contributed by atoms with Crippen molar-refractivity contribution in [1.29, 1.82) is 0 Å². The van der Waals surface area contributed by atoms with Gasteiger partial charge in [-0.05, 0) is 33.2 Å². The van der Waals surface area contributed by atoms with Gasteiger partial charge in [0, 0.05) is 19.6 Å². The van der Waals surface area contributed by atoms with Gasteiger partial charge in [-0.1, -0.05) is 12.1 Å². The lowest BCUT2D eigenvalue weighted by atomic mass is 10.1. The molecule has 6 heteroatoms. The van der Waals surface area contributed by atoms with Gasteiger partial charge in [-0.25, -0.2) is 4.39 Å². The standard InChI is InChI=1S/C15H25FN2O3/c1-15(20,11-18(2)3)10-17-8-12(19)9-21-14-7-5-4-6-13(14)16/h4-7,12,17,19-20H,8-11H2,1-3H3. The summed E-state index contributed by atoms with van der Waals surface area (Å²) < 4.78 is 18.5. The van der Waals surface area contributed by atoms with Gasteiger partial charge in [0.1, 0.15) is 12.7 Å². The fourth-order valence-corrected chi connectivity index (χ4v) is 2.05. The lowest BCUT2D eigenvalue weighted by Gasteiger charge is -2.27.